The van der Waals surface area contributed by atoms with Gasteiger partial charge in [0.05, 0.1) is 13.2 Å². The van der Waals surface area contributed by atoms with Gasteiger partial charge < -0.3 is 15.2 Å². The van der Waals surface area contributed by atoms with Crippen molar-refractivity contribution in [3.8, 4) is 0 Å². The van der Waals surface area contributed by atoms with Crippen LogP contribution in [-0.4, -0.2) is 43.9 Å². The first-order valence-electron chi connectivity index (χ1n) is 4.64. The van der Waals surface area contributed by atoms with Crippen LogP contribution in [-0.2, 0) is 4.74 Å². The summed E-state index contributed by atoms with van der Waals surface area (Å²) in [5.74, 6) is -2.84. The van der Waals surface area contributed by atoms with Crippen LogP contribution in [0.5, 0.6) is 0 Å². The Morgan fingerprint density at radius 3 is 2.36 bits per heavy atom. The molecule has 0 rings (SSSR count). The molecule has 0 radical (unpaired) electrons. The summed E-state index contributed by atoms with van der Waals surface area (Å²) in [6, 6.07) is -0.113. The lowest BCUT2D eigenvalue weighted by atomic mass is 10.1. The van der Waals surface area contributed by atoms with Gasteiger partial charge in [-0.1, -0.05) is 13.8 Å². The smallest absolute Gasteiger partial charge is 0.282 e. The number of halogens is 2. The molecule has 2 N–H and O–H groups in total. The first-order chi connectivity index (χ1) is 6.43. The number of aliphatic hydroxyl groups excluding tert-OH is 1. The van der Waals surface area contributed by atoms with E-state index in [1.807, 2.05) is 13.8 Å². The number of rotatable bonds is 7. The van der Waals surface area contributed by atoms with Crippen molar-refractivity contribution in [3.05, 3.63) is 0 Å². The summed E-state index contributed by atoms with van der Waals surface area (Å²) in [5, 5.41) is 11.0. The van der Waals surface area contributed by atoms with E-state index in [-0.39, 0.29) is 12.0 Å². The number of aliphatic hydroxyl groups is 1. The van der Waals surface area contributed by atoms with Crippen LogP contribution in [0.4, 0.5) is 8.78 Å². The van der Waals surface area contributed by atoms with Crippen molar-refractivity contribution in [2.45, 2.75) is 25.8 Å². The van der Waals surface area contributed by atoms with Crippen LogP contribution in [0.15, 0.2) is 0 Å². The van der Waals surface area contributed by atoms with Crippen molar-refractivity contribution < 1.29 is 18.6 Å². The average molecular weight is 211 g/mol. The molecule has 14 heavy (non-hydrogen) atoms. The third-order valence-electron chi connectivity index (χ3n) is 2.01. The standard InChI is InChI=1S/C9H19F2NO2/c1-7(2)8(4-14-3)12-5-9(10,11)6-13/h7-8,12-13H,4-6H2,1-3H3. The Bertz CT molecular complexity index is 154. The van der Waals surface area contributed by atoms with Gasteiger partial charge in [0.2, 0.25) is 0 Å². The highest BCUT2D eigenvalue weighted by Crippen LogP contribution is 2.11. The molecule has 0 bridgehead atoms. The lowest BCUT2D eigenvalue weighted by Crippen LogP contribution is -2.45. The predicted octanol–water partition coefficient (Wildman–Crippen LogP) is 0.875. The van der Waals surface area contributed by atoms with E-state index >= 15 is 0 Å². The Hall–Kier alpha value is -0.260. The summed E-state index contributed by atoms with van der Waals surface area (Å²) in [6.45, 7) is 2.59. The molecule has 5 heteroatoms. The molecule has 1 atom stereocenters. The van der Waals surface area contributed by atoms with Gasteiger partial charge >= 0.3 is 0 Å². The molecule has 3 nitrogen and oxygen atoms in total. The maximum Gasteiger partial charge on any atom is 0.282 e. The minimum Gasteiger partial charge on any atom is -0.390 e. The summed E-state index contributed by atoms with van der Waals surface area (Å²) in [4.78, 5) is 0. The van der Waals surface area contributed by atoms with E-state index in [9.17, 15) is 8.78 Å². The van der Waals surface area contributed by atoms with Gasteiger partial charge in [0.15, 0.2) is 0 Å². The molecule has 86 valence electrons. The molecule has 0 heterocycles. The Morgan fingerprint density at radius 1 is 1.43 bits per heavy atom. The fourth-order valence-electron chi connectivity index (χ4n) is 1.00. The van der Waals surface area contributed by atoms with E-state index in [4.69, 9.17) is 9.84 Å². The highest BCUT2D eigenvalue weighted by atomic mass is 19.3. The normalized spacial score (nSPS) is 14.8. The SMILES string of the molecule is COCC(NCC(F)(F)CO)C(C)C. The topological polar surface area (TPSA) is 41.5 Å². The Kier molecular flexibility index (Phi) is 6.15. The van der Waals surface area contributed by atoms with Crippen molar-refractivity contribution in [2.75, 3.05) is 26.9 Å². The summed E-state index contributed by atoms with van der Waals surface area (Å²) >= 11 is 0. The van der Waals surface area contributed by atoms with Gasteiger partial charge in [0.1, 0.15) is 6.61 Å². The maximum absolute atomic E-state index is 12.7. The first-order valence-corrected chi connectivity index (χ1v) is 4.64. The molecule has 0 aliphatic heterocycles. The van der Waals surface area contributed by atoms with Gasteiger partial charge in [0.25, 0.3) is 5.92 Å². The van der Waals surface area contributed by atoms with E-state index in [1.54, 1.807) is 0 Å². The van der Waals surface area contributed by atoms with Gasteiger partial charge in [-0.3, -0.25) is 0 Å². The number of methoxy groups -OCH3 is 1. The van der Waals surface area contributed by atoms with Gasteiger partial charge in [-0.2, -0.15) is 0 Å². The van der Waals surface area contributed by atoms with Crippen molar-refractivity contribution in [1.82, 2.24) is 5.32 Å². The molecule has 0 spiro atoms. The molecule has 0 saturated carbocycles. The van der Waals surface area contributed by atoms with Crippen LogP contribution >= 0.6 is 0 Å². The Morgan fingerprint density at radius 2 is 2.00 bits per heavy atom. The zero-order valence-corrected chi connectivity index (χ0v) is 8.89. The minimum atomic E-state index is -3.05. The van der Waals surface area contributed by atoms with E-state index in [0.717, 1.165) is 0 Å². The van der Waals surface area contributed by atoms with E-state index < -0.39 is 19.1 Å². The summed E-state index contributed by atoms with van der Waals surface area (Å²) < 4.78 is 30.2. The van der Waals surface area contributed by atoms with Crippen molar-refractivity contribution >= 4 is 0 Å². The first kappa shape index (κ1) is 13.7. The van der Waals surface area contributed by atoms with Crippen molar-refractivity contribution in [3.63, 3.8) is 0 Å². The molecule has 0 saturated heterocycles. The Labute approximate surface area is 83.4 Å². The molecule has 0 aromatic rings. The highest BCUT2D eigenvalue weighted by molar-refractivity contribution is 4.75. The highest BCUT2D eigenvalue weighted by Gasteiger charge is 2.28. The Balaban J connectivity index is 3.93. The third kappa shape index (κ3) is 5.47. The summed E-state index contributed by atoms with van der Waals surface area (Å²) in [7, 11) is 1.53. The minimum absolute atomic E-state index is 0.113. The van der Waals surface area contributed by atoms with E-state index in [0.29, 0.717) is 6.61 Å². The van der Waals surface area contributed by atoms with Crippen LogP contribution in [0.25, 0.3) is 0 Å². The molecule has 0 aromatic carbocycles. The average Bonchev–Trinajstić information content (AvgIpc) is 2.12. The number of hydrogen-bond acceptors (Lipinski definition) is 3. The van der Waals surface area contributed by atoms with Crippen LogP contribution in [0.3, 0.4) is 0 Å². The fourth-order valence-corrected chi connectivity index (χ4v) is 1.00. The second-order valence-corrected chi connectivity index (χ2v) is 3.70. The molecular formula is C9H19F2NO2. The third-order valence-corrected chi connectivity index (χ3v) is 2.01. The molecule has 0 amide bonds. The molecule has 0 aliphatic carbocycles. The van der Waals surface area contributed by atoms with E-state index in [1.165, 1.54) is 7.11 Å². The van der Waals surface area contributed by atoms with Gasteiger partial charge in [0, 0.05) is 13.2 Å². The van der Waals surface area contributed by atoms with Gasteiger partial charge in [-0.25, -0.2) is 8.78 Å². The van der Waals surface area contributed by atoms with E-state index in [2.05, 4.69) is 5.32 Å². The van der Waals surface area contributed by atoms with Crippen molar-refractivity contribution in [2.24, 2.45) is 5.92 Å². The lowest BCUT2D eigenvalue weighted by Gasteiger charge is -2.24. The number of alkyl halides is 2. The quantitative estimate of drug-likeness (QED) is 0.656. The molecule has 0 aliphatic rings. The summed E-state index contributed by atoms with van der Waals surface area (Å²) in [6.07, 6.45) is 0. The summed E-state index contributed by atoms with van der Waals surface area (Å²) in [5.41, 5.74) is 0. The zero-order chi connectivity index (χ0) is 11.2. The molecule has 1 unspecified atom stereocenters. The van der Waals surface area contributed by atoms with Crippen molar-refractivity contribution in [1.29, 1.82) is 0 Å². The lowest BCUT2D eigenvalue weighted by molar-refractivity contribution is -0.0517. The second kappa shape index (κ2) is 6.27. The van der Waals surface area contributed by atoms with Crippen LogP contribution < -0.4 is 5.32 Å². The zero-order valence-electron chi connectivity index (χ0n) is 8.89. The largest absolute Gasteiger partial charge is 0.390 e. The predicted molar refractivity (Wildman–Crippen MR) is 50.5 cm³/mol. The second-order valence-electron chi connectivity index (χ2n) is 3.70. The number of nitrogens with one attached hydrogen (secondary N) is 1. The van der Waals surface area contributed by atoms with Crippen LogP contribution in [0, 0.1) is 5.92 Å². The molecule has 0 aromatic heterocycles. The fraction of sp³-hybridized carbons (Fsp3) is 1.00. The molecule has 0 fully saturated rings. The van der Waals surface area contributed by atoms with Gasteiger partial charge in [-0.05, 0) is 5.92 Å². The van der Waals surface area contributed by atoms with Crippen LogP contribution in [0.2, 0.25) is 0 Å². The number of ether oxygens (including phenoxy) is 1. The van der Waals surface area contributed by atoms with Gasteiger partial charge in [-0.15, -0.1) is 0 Å². The maximum atomic E-state index is 12.7. The number of hydrogen-bond donors (Lipinski definition) is 2. The van der Waals surface area contributed by atoms with Crippen LogP contribution in [0.1, 0.15) is 13.8 Å². The monoisotopic (exact) mass is 211 g/mol. The molecular weight excluding hydrogens is 192 g/mol.